The van der Waals surface area contributed by atoms with Gasteiger partial charge in [-0.3, -0.25) is 9.59 Å². The van der Waals surface area contributed by atoms with Crippen molar-refractivity contribution in [2.45, 2.75) is 52.2 Å². The minimum atomic E-state index is -0.662. The fourth-order valence-electron chi connectivity index (χ4n) is 5.06. The molecule has 40 heavy (non-hydrogen) atoms. The van der Waals surface area contributed by atoms with Gasteiger partial charge in [0, 0.05) is 12.1 Å². The van der Waals surface area contributed by atoms with E-state index < -0.39 is 17.7 Å². The first kappa shape index (κ1) is 29.1. The zero-order valence-corrected chi connectivity index (χ0v) is 24.4. The van der Waals surface area contributed by atoms with Crippen LogP contribution in [0.1, 0.15) is 61.1 Å². The number of likely N-dealkylation sites (tertiary alicyclic amines) is 1. The number of Topliss-reactive ketones (excluding diaryl/α,β-unsaturated/α-hetero) is 1. The van der Waals surface area contributed by atoms with E-state index in [0.29, 0.717) is 30.9 Å². The van der Waals surface area contributed by atoms with Gasteiger partial charge in [0.25, 0.3) is 11.7 Å². The van der Waals surface area contributed by atoms with E-state index in [9.17, 15) is 14.7 Å². The van der Waals surface area contributed by atoms with Crippen molar-refractivity contribution in [2.24, 2.45) is 0 Å². The summed E-state index contributed by atoms with van der Waals surface area (Å²) < 4.78 is 5.95. The number of benzene rings is 3. The summed E-state index contributed by atoms with van der Waals surface area (Å²) in [6.45, 7) is 9.92. The molecule has 1 aliphatic heterocycles. The molecule has 0 aromatic heterocycles. The Hall–Kier alpha value is -3.90. The first-order valence-corrected chi connectivity index (χ1v) is 13.8. The lowest BCUT2D eigenvalue weighted by Crippen LogP contribution is -2.32. The summed E-state index contributed by atoms with van der Waals surface area (Å²) in [6, 6.07) is 22.6. The molecular weight excluding hydrogens is 500 g/mol. The molecule has 1 aliphatic rings. The summed E-state index contributed by atoms with van der Waals surface area (Å²) in [6.07, 6.45) is 0.711. The summed E-state index contributed by atoms with van der Waals surface area (Å²) >= 11 is 0. The molecule has 0 saturated carbocycles. The predicted octanol–water partition coefficient (Wildman–Crippen LogP) is 6.24. The quantitative estimate of drug-likeness (QED) is 0.198. The summed E-state index contributed by atoms with van der Waals surface area (Å²) in [5.41, 5.74) is 4.37. The molecule has 1 amide bonds. The Morgan fingerprint density at radius 1 is 0.975 bits per heavy atom. The zero-order chi connectivity index (χ0) is 29.0. The van der Waals surface area contributed by atoms with Crippen molar-refractivity contribution in [3.05, 3.63) is 106 Å². The maximum absolute atomic E-state index is 13.4. The molecule has 0 aliphatic carbocycles. The van der Waals surface area contributed by atoms with Gasteiger partial charge in [0.15, 0.2) is 0 Å². The van der Waals surface area contributed by atoms with Crippen molar-refractivity contribution in [1.82, 2.24) is 9.80 Å². The summed E-state index contributed by atoms with van der Waals surface area (Å²) in [5.74, 6) is -0.733. The number of nitrogens with zero attached hydrogens (tertiary/aromatic N) is 2. The smallest absolute Gasteiger partial charge is 0.295 e. The van der Waals surface area contributed by atoms with Crippen LogP contribution in [-0.2, 0) is 21.6 Å². The number of hydrogen-bond donors (Lipinski definition) is 1. The molecule has 0 spiro atoms. The largest absolute Gasteiger partial charge is 0.507 e. The number of carbonyl (C=O) groups excluding carboxylic acids is 2. The Kier molecular flexibility index (Phi) is 8.79. The lowest BCUT2D eigenvalue weighted by atomic mass is 9.85. The molecule has 0 bridgehead atoms. The van der Waals surface area contributed by atoms with Crippen molar-refractivity contribution in [2.75, 3.05) is 27.2 Å². The van der Waals surface area contributed by atoms with E-state index in [0.717, 1.165) is 28.8 Å². The number of amides is 1. The molecule has 1 heterocycles. The second-order valence-corrected chi connectivity index (χ2v) is 11.8. The van der Waals surface area contributed by atoms with Gasteiger partial charge in [0.1, 0.15) is 18.1 Å². The summed E-state index contributed by atoms with van der Waals surface area (Å²) in [4.78, 5) is 30.4. The van der Waals surface area contributed by atoms with Crippen LogP contribution < -0.4 is 4.74 Å². The highest BCUT2D eigenvalue weighted by atomic mass is 16.5. The number of aliphatic hydroxyl groups excluding tert-OH is 1. The number of ether oxygens (including phenoxy) is 1. The van der Waals surface area contributed by atoms with Gasteiger partial charge in [-0.1, -0.05) is 75.4 Å². The molecule has 6 heteroatoms. The molecular formula is C34H40N2O4. The third-order valence-corrected chi connectivity index (χ3v) is 7.34. The van der Waals surface area contributed by atoms with E-state index in [1.54, 1.807) is 17.0 Å². The number of hydrogen-bond acceptors (Lipinski definition) is 5. The summed E-state index contributed by atoms with van der Waals surface area (Å²) in [5, 5.41) is 11.6. The van der Waals surface area contributed by atoms with Crippen molar-refractivity contribution in [3.63, 3.8) is 0 Å². The van der Waals surface area contributed by atoms with Gasteiger partial charge in [-0.25, -0.2) is 0 Å². The Labute approximate surface area is 237 Å². The predicted molar refractivity (Wildman–Crippen MR) is 159 cm³/mol. The maximum Gasteiger partial charge on any atom is 0.295 e. The molecule has 6 nitrogen and oxygen atoms in total. The topological polar surface area (TPSA) is 70.1 Å². The molecule has 1 N–H and O–H groups in total. The molecule has 1 atom stereocenters. The molecule has 0 radical (unpaired) electrons. The Bertz CT molecular complexity index is 1390. The van der Waals surface area contributed by atoms with E-state index in [2.05, 4.69) is 25.7 Å². The van der Waals surface area contributed by atoms with Crippen LogP contribution in [0.4, 0.5) is 0 Å². The minimum Gasteiger partial charge on any atom is -0.507 e. The third-order valence-electron chi connectivity index (χ3n) is 7.34. The monoisotopic (exact) mass is 540 g/mol. The van der Waals surface area contributed by atoms with E-state index in [-0.39, 0.29) is 16.7 Å². The Balaban J connectivity index is 1.70. The van der Waals surface area contributed by atoms with Gasteiger partial charge in [-0.2, -0.15) is 0 Å². The lowest BCUT2D eigenvalue weighted by Gasteiger charge is -2.27. The summed E-state index contributed by atoms with van der Waals surface area (Å²) in [7, 11) is 3.96. The zero-order valence-electron chi connectivity index (χ0n) is 24.4. The highest BCUT2D eigenvalue weighted by Crippen LogP contribution is 2.41. The van der Waals surface area contributed by atoms with Crippen LogP contribution in [0.3, 0.4) is 0 Å². The molecule has 1 saturated heterocycles. The van der Waals surface area contributed by atoms with Crippen LogP contribution in [0.25, 0.3) is 5.76 Å². The molecule has 4 rings (SSSR count). The first-order chi connectivity index (χ1) is 19.0. The Morgan fingerprint density at radius 3 is 2.25 bits per heavy atom. The first-order valence-electron chi connectivity index (χ1n) is 13.8. The third kappa shape index (κ3) is 6.45. The van der Waals surface area contributed by atoms with Crippen molar-refractivity contribution < 1.29 is 19.4 Å². The van der Waals surface area contributed by atoms with Crippen LogP contribution in [0.5, 0.6) is 5.75 Å². The van der Waals surface area contributed by atoms with E-state index >= 15 is 0 Å². The van der Waals surface area contributed by atoms with Gasteiger partial charge in [-0.15, -0.1) is 0 Å². The van der Waals surface area contributed by atoms with Crippen LogP contribution >= 0.6 is 0 Å². The number of carbonyl (C=O) groups is 2. The minimum absolute atomic E-state index is 0.0342. The van der Waals surface area contributed by atoms with Crippen molar-refractivity contribution in [3.8, 4) is 5.75 Å². The van der Waals surface area contributed by atoms with Crippen LogP contribution in [0.2, 0.25) is 0 Å². The van der Waals surface area contributed by atoms with E-state index in [1.807, 2.05) is 81.7 Å². The highest BCUT2D eigenvalue weighted by Gasteiger charge is 2.46. The molecule has 3 aromatic rings. The maximum atomic E-state index is 13.4. The fourth-order valence-corrected chi connectivity index (χ4v) is 5.06. The standard InChI is InChI=1S/C34H40N2O4/c1-23-21-27(40-22-24-11-8-7-9-12-24)17-18-28(23)31(37)29-30(25-13-15-26(16-14-25)34(2,3)4)36(33(39)32(29)38)20-10-19-35(5)6/h7-9,11-18,21,30,37H,10,19-20,22H2,1-6H3/b31-29+/t30-/m1/s1. The molecule has 0 unspecified atom stereocenters. The van der Waals surface area contributed by atoms with Gasteiger partial charge in [0.05, 0.1) is 11.6 Å². The molecule has 3 aromatic carbocycles. The number of ketones is 1. The molecule has 1 fully saturated rings. The fraction of sp³-hybridized carbons (Fsp3) is 0.353. The second-order valence-electron chi connectivity index (χ2n) is 11.8. The van der Waals surface area contributed by atoms with E-state index in [1.165, 1.54) is 0 Å². The van der Waals surface area contributed by atoms with Crippen LogP contribution in [0.15, 0.2) is 78.4 Å². The number of aliphatic hydroxyl groups is 1. The average molecular weight is 541 g/mol. The van der Waals surface area contributed by atoms with Crippen molar-refractivity contribution >= 4 is 17.4 Å². The number of rotatable bonds is 9. The normalized spacial score (nSPS) is 17.1. The average Bonchev–Trinajstić information content (AvgIpc) is 3.16. The molecule has 210 valence electrons. The Morgan fingerprint density at radius 2 is 1.65 bits per heavy atom. The number of aryl methyl sites for hydroxylation is 1. The SMILES string of the molecule is Cc1cc(OCc2ccccc2)ccc1/C(O)=C1\C(=O)C(=O)N(CCCN(C)C)[C@@H]1c1ccc(C(C)(C)C)cc1. The van der Waals surface area contributed by atoms with Gasteiger partial charge in [0.2, 0.25) is 0 Å². The van der Waals surface area contributed by atoms with Crippen LogP contribution in [0, 0.1) is 6.92 Å². The van der Waals surface area contributed by atoms with Gasteiger partial charge < -0.3 is 19.6 Å². The lowest BCUT2D eigenvalue weighted by molar-refractivity contribution is -0.139. The van der Waals surface area contributed by atoms with Crippen molar-refractivity contribution in [1.29, 1.82) is 0 Å². The highest BCUT2D eigenvalue weighted by molar-refractivity contribution is 6.46. The van der Waals surface area contributed by atoms with Gasteiger partial charge >= 0.3 is 0 Å². The second kappa shape index (κ2) is 12.1. The van der Waals surface area contributed by atoms with Crippen LogP contribution in [-0.4, -0.2) is 53.8 Å². The van der Waals surface area contributed by atoms with Gasteiger partial charge in [-0.05, 0) is 79.9 Å². The van der Waals surface area contributed by atoms with E-state index in [4.69, 9.17) is 4.74 Å².